The lowest BCUT2D eigenvalue weighted by molar-refractivity contribution is -0.115. The summed E-state index contributed by atoms with van der Waals surface area (Å²) in [5, 5.41) is 3.81. The molecule has 0 saturated heterocycles. The van der Waals surface area contributed by atoms with Crippen LogP contribution >= 0.6 is 0 Å². The van der Waals surface area contributed by atoms with E-state index in [0.29, 0.717) is 5.69 Å². The average Bonchev–Trinajstić information content (AvgIpc) is 3.26. The molecule has 1 aromatic heterocycles. The smallest absolute Gasteiger partial charge is 0.242 e. The number of furan rings is 1. The zero-order valence-corrected chi connectivity index (χ0v) is 16.7. The highest BCUT2D eigenvalue weighted by Crippen LogP contribution is 2.30. The highest BCUT2D eigenvalue weighted by Gasteiger charge is 2.18. The third-order valence-corrected chi connectivity index (χ3v) is 6.97. The number of sulfonamides is 1. The van der Waals surface area contributed by atoms with E-state index in [2.05, 4.69) is 17.4 Å². The van der Waals surface area contributed by atoms with E-state index < -0.39 is 10.0 Å². The summed E-state index contributed by atoms with van der Waals surface area (Å²) in [6.07, 6.45) is 5.17. The van der Waals surface area contributed by atoms with E-state index in [1.807, 2.05) is 0 Å². The van der Waals surface area contributed by atoms with Gasteiger partial charge in [-0.15, -0.1) is 0 Å². The first-order valence-electron chi connectivity index (χ1n) is 9.19. The van der Waals surface area contributed by atoms with E-state index >= 15 is 0 Å². The Morgan fingerprint density at radius 3 is 2.46 bits per heavy atom. The van der Waals surface area contributed by atoms with E-state index in [4.69, 9.17) is 4.42 Å². The van der Waals surface area contributed by atoms with Crippen molar-refractivity contribution in [3.05, 3.63) is 59.4 Å². The maximum Gasteiger partial charge on any atom is 0.242 e. The minimum atomic E-state index is -3.48. The topological polar surface area (TPSA) is 79.6 Å². The first-order chi connectivity index (χ1) is 13.3. The van der Waals surface area contributed by atoms with Crippen LogP contribution in [0.1, 0.15) is 23.1 Å². The first kappa shape index (κ1) is 18.7. The van der Waals surface area contributed by atoms with Crippen LogP contribution in [0, 0.1) is 0 Å². The van der Waals surface area contributed by atoms with Gasteiger partial charge in [0.2, 0.25) is 15.9 Å². The Kier molecular flexibility index (Phi) is 4.72. The molecule has 1 aliphatic carbocycles. The largest absolute Gasteiger partial charge is 0.464 e. The van der Waals surface area contributed by atoms with Crippen LogP contribution in [-0.2, 0) is 34.1 Å². The van der Waals surface area contributed by atoms with E-state index in [-0.39, 0.29) is 17.2 Å². The normalized spacial score (nSPS) is 13.8. The van der Waals surface area contributed by atoms with Crippen molar-refractivity contribution in [2.45, 2.75) is 30.6 Å². The van der Waals surface area contributed by atoms with Crippen LogP contribution < -0.4 is 5.32 Å². The second-order valence-corrected chi connectivity index (χ2v) is 9.42. The molecule has 1 heterocycles. The monoisotopic (exact) mass is 398 g/mol. The minimum Gasteiger partial charge on any atom is -0.464 e. The summed E-state index contributed by atoms with van der Waals surface area (Å²) in [5.41, 5.74) is 4.91. The number of amides is 1. The van der Waals surface area contributed by atoms with Crippen LogP contribution in [0.15, 0.2) is 52.0 Å². The second kappa shape index (κ2) is 7.07. The average molecular weight is 398 g/mol. The Balaban J connectivity index is 1.48. The van der Waals surface area contributed by atoms with Gasteiger partial charge in [0.15, 0.2) is 0 Å². The molecule has 6 nitrogen and oxygen atoms in total. The van der Waals surface area contributed by atoms with Crippen LogP contribution in [0.3, 0.4) is 0 Å². The molecule has 1 aliphatic rings. The summed E-state index contributed by atoms with van der Waals surface area (Å²) in [5.74, 6) is -0.175. The number of carbonyl (C=O) groups excluding carboxylic acids is 1. The number of carbonyl (C=O) groups is 1. The van der Waals surface area contributed by atoms with Crippen molar-refractivity contribution in [3.63, 3.8) is 0 Å². The molecule has 0 unspecified atom stereocenters. The molecular formula is C21H22N2O4S. The van der Waals surface area contributed by atoms with Crippen molar-refractivity contribution in [1.29, 1.82) is 0 Å². The van der Waals surface area contributed by atoms with Crippen molar-refractivity contribution in [2.24, 2.45) is 0 Å². The molecule has 0 spiro atoms. The van der Waals surface area contributed by atoms with Gasteiger partial charge in [0.25, 0.3) is 0 Å². The van der Waals surface area contributed by atoms with Gasteiger partial charge in [-0.3, -0.25) is 4.79 Å². The summed E-state index contributed by atoms with van der Waals surface area (Å²) >= 11 is 0. The molecular weight excluding hydrogens is 376 g/mol. The van der Waals surface area contributed by atoms with Gasteiger partial charge >= 0.3 is 0 Å². The third-order valence-electron chi connectivity index (χ3n) is 5.14. The molecule has 0 bridgehead atoms. The van der Waals surface area contributed by atoms with Gasteiger partial charge in [0.05, 0.1) is 17.6 Å². The number of benzene rings is 2. The van der Waals surface area contributed by atoms with Crippen LogP contribution in [0.25, 0.3) is 11.0 Å². The molecule has 2 aromatic carbocycles. The first-order valence-corrected chi connectivity index (χ1v) is 10.6. The summed E-state index contributed by atoms with van der Waals surface area (Å²) < 4.78 is 31.0. The van der Waals surface area contributed by atoms with Crippen molar-refractivity contribution in [3.8, 4) is 0 Å². The standard InChI is InChI=1S/C21H22N2O4S/c1-23(2)28(25,26)18-8-6-17(7-9-18)22-21(24)12-16-13-27-20-11-15-5-3-4-14(15)10-19(16)20/h6-11,13H,3-5,12H2,1-2H3,(H,22,24). The lowest BCUT2D eigenvalue weighted by atomic mass is 10.0. The highest BCUT2D eigenvalue weighted by molar-refractivity contribution is 7.89. The van der Waals surface area contributed by atoms with Crippen molar-refractivity contribution in [1.82, 2.24) is 4.31 Å². The number of nitrogens with zero attached hydrogens (tertiary/aromatic N) is 1. The number of nitrogens with one attached hydrogen (secondary N) is 1. The number of anilines is 1. The van der Waals surface area contributed by atoms with Gasteiger partial charge in [0.1, 0.15) is 5.58 Å². The number of hydrogen-bond acceptors (Lipinski definition) is 4. The van der Waals surface area contributed by atoms with E-state index in [9.17, 15) is 13.2 Å². The summed E-state index contributed by atoms with van der Waals surface area (Å²) in [7, 11) is -0.521. The fraction of sp³-hybridized carbons (Fsp3) is 0.286. The highest BCUT2D eigenvalue weighted by atomic mass is 32.2. The Hall–Kier alpha value is -2.64. The van der Waals surface area contributed by atoms with Gasteiger partial charge in [-0.1, -0.05) is 0 Å². The van der Waals surface area contributed by atoms with Gasteiger partial charge in [-0.25, -0.2) is 12.7 Å². The molecule has 3 aromatic rings. The van der Waals surface area contributed by atoms with E-state index in [0.717, 1.165) is 40.1 Å². The molecule has 0 fully saturated rings. The molecule has 1 N–H and O–H groups in total. The lowest BCUT2D eigenvalue weighted by Gasteiger charge is -2.12. The molecule has 7 heteroatoms. The predicted molar refractivity (Wildman–Crippen MR) is 108 cm³/mol. The van der Waals surface area contributed by atoms with Gasteiger partial charge < -0.3 is 9.73 Å². The predicted octanol–water partition coefficient (Wildman–Crippen LogP) is 3.35. The number of aryl methyl sites for hydroxylation is 2. The van der Waals surface area contributed by atoms with Gasteiger partial charge in [-0.05, 0) is 66.8 Å². The van der Waals surface area contributed by atoms with Crippen LogP contribution in [0.5, 0.6) is 0 Å². The Morgan fingerprint density at radius 2 is 1.79 bits per heavy atom. The van der Waals surface area contributed by atoms with Crippen LogP contribution in [0.4, 0.5) is 5.69 Å². The summed E-state index contributed by atoms with van der Waals surface area (Å²) in [6, 6.07) is 10.4. The number of fused-ring (bicyclic) bond motifs is 2. The van der Waals surface area contributed by atoms with Crippen LogP contribution in [-0.4, -0.2) is 32.7 Å². The maximum atomic E-state index is 12.5. The van der Waals surface area contributed by atoms with E-state index in [1.165, 1.54) is 37.4 Å². The van der Waals surface area contributed by atoms with Crippen LogP contribution in [0.2, 0.25) is 0 Å². The minimum absolute atomic E-state index is 0.175. The molecule has 0 atom stereocenters. The van der Waals surface area contributed by atoms with Gasteiger partial charge in [0, 0.05) is 30.7 Å². The molecule has 28 heavy (non-hydrogen) atoms. The Morgan fingerprint density at radius 1 is 1.11 bits per heavy atom. The number of rotatable bonds is 5. The Labute approximate surface area is 164 Å². The fourth-order valence-corrected chi connectivity index (χ4v) is 4.49. The summed E-state index contributed by atoms with van der Waals surface area (Å²) in [4.78, 5) is 12.7. The van der Waals surface area contributed by atoms with Crippen molar-refractivity contribution >= 4 is 32.6 Å². The molecule has 1 amide bonds. The van der Waals surface area contributed by atoms with Crippen molar-refractivity contribution in [2.75, 3.05) is 19.4 Å². The van der Waals surface area contributed by atoms with Crippen molar-refractivity contribution < 1.29 is 17.6 Å². The fourth-order valence-electron chi connectivity index (χ4n) is 3.58. The molecule has 4 rings (SSSR count). The van der Waals surface area contributed by atoms with Gasteiger partial charge in [-0.2, -0.15) is 0 Å². The quantitative estimate of drug-likeness (QED) is 0.715. The zero-order chi connectivity index (χ0) is 19.9. The molecule has 0 aliphatic heterocycles. The maximum absolute atomic E-state index is 12.5. The third kappa shape index (κ3) is 3.43. The SMILES string of the molecule is CN(C)S(=O)(=O)c1ccc(NC(=O)Cc2coc3cc4c(cc23)CCC4)cc1. The van der Waals surface area contributed by atoms with E-state index in [1.54, 1.807) is 18.4 Å². The molecule has 0 saturated carbocycles. The number of hydrogen-bond donors (Lipinski definition) is 1. The zero-order valence-electron chi connectivity index (χ0n) is 15.9. The lowest BCUT2D eigenvalue weighted by Crippen LogP contribution is -2.22. The molecule has 0 radical (unpaired) electrons. The molecule has 146 valence electrons. The second-order valence-electron chi connectivity index (χ2n) is 7.27. The Bertz CT molecular complexity index is 1150. The summed E-state index contributed by atoms with van der Waals surface area (Å²) in [6.45, 7) is 0.